The Morgan fingerprint density at radius 2 is 1.85 bits per heavy atom. The zero-order chi connectivity index (χ0) is 19.7. The molecule has 2 aliphatic rings. The summed E-state index contributed by atoms with van der Waals surface area (Å²) in [6.45, 7) is 15.1. The number of guanidine groups is 1. The monoisotopic (exact) mass is 381 g/mol. The van der Waals surface area contributed by atoms with Gasteiger partial charge in [-0.2, -0.15) is 0 Å². The number of rotatable bonds is 10. The Balaban J connectivity index is 1.91. The van der Waals surface area contributed by atoms with Crippen molar-refractivity contribution >= 4 is 5.96 Å². The normalized spacial score (nSPS) is 22.5. The molecule has 6 heteroatoms. The molecule has 2 fully saturated rings. The average Bonchev–Trinajstić information content (AvgIpc) is 2.61. The molecule has 0 bridgehead atoms. The van der Waals surface area contributed by atoms with Gasteiger partial charge in [0.05, 0.1) is 0 Å². The Hall–Kier alpha value is -0.850. The number of nitrogens with one attached hydrogen (secondary N) is 2. The van der Waals surface area contributed by atoms with E-state index in [4.69, 9.17) is 9.73 Å². The minimum absolute atomic E-state index is 0.368. The number of piperazine rings is 1. The molecule has 0 aromatic carbocycles. The molecule has 1 heterocycles. The lowest BCUT2D eigenvalue weighted by Crippen LogP contribution is -2.55. The van der Waals surface area contributed by atoms with E-state index < -0.39 is 0 Å². The van der Waals surface area contributed by atoms with Crippen LogP contribution in [-0.4, -0.2) is 88.4 Å². The molecule has 0 aromatic heterocycles. The highest BCUT2D eigenvalue weighted by molar-refractivity contribution is 5.79. The van der Waals surface area contributed by atoms with E-state index in [1.54, 1.807) is 7.11 Å². The molecule has 1 aliphatic carbocycles. The largest absolute Gasteiger partial charge is 0.385 e. The van der Waals surface area contributed by atoms with Gasteiger partial charge in [0.2, 0.25) is 0 Å². The van der Waals surface area contributed by atoms with Gasteiger partial charge in [0.1, 0.15) is 0 Å². The van der Waals surface area contributed by atoms with Gasteiger partial charge in [-0.3, -0.25) is 9.89 Å². The number of methoxy groups -OCH3 is 1. The molecule has 1 atom stereocenters. The number of hydrogen-bond donors (Lipinski definition) is 2. The van der Waals surface area contributed by atoms with Crippen LogP contribution < -0.4 is 10.6 Å². The highest BCUT2D eigenvalue weighted by Crippen LogP contribution is 2.44. The molecular weight excluding hydrogens is 338 g/mol. The molecule has 1 unspecified atom stereocenters. The summed E-state index contributed by atoms with van der Waals surface area (Å²) >= 11 is 0. The second-order valence-corrected chi connectivity index (χ2v) is 8.82. The number of likely N-dealkylation sites (N-methyl/N-ethyl adjacent to an activating group) is 1. The number of aliphatic imine (C=N–C) groups is 1. The lowest BCUT2D eigenvalue weighted by molar-refractivity contribution is 0.0777. The Morgan fingerprint density at radius 3 is 2.37 bits per heavy atom. The van der Waals surface area contributed by atoms with Gasteiger partial charge in [-0.15, -0.1) is 0 Å². The van der Waals surface area contributed by atoms with Crippen molar-refractivity contribution in [3.63, 3.8) is 0 Å². The van der Waals surface area contributed by atoms with Crippen LogP contribution in [0.4, 0.5) is 0 Å². The predicted molar refractivity (Wildman–Crippen MR) is 114 cm³/mol. The summed E-state index contributed by atoms with van der Waals surface area (Å²) in [5.41, 5.74) is 0.368. The van der Waals surface area contributed by atoms with Crippen molar-refractivity contribution in [2.24, 2.45) is 16.3 Å². The summed E-state index contributed by atoms with van der Waals surface area (Å²) in [7, 11) is 4.02. The van der Waals surface area contributed by atoms with E-state index in [0.29, 0.717) is 17.4 Å². The Morgan fingerprint density at radius 1 is 1.15 bits per heavy atom. The fourth-order valence-electron chi connectivity index (χ4n) is 4.21. The van der Waals surface area contributed by atoms with Crippen LogP contribution in [0.15, 0.2) is 4.99 Å². The maximum atomic E-state index is 5.32. The highest BCUT2D eigenvalue weighted by Gasteiger charge is 2.36. The van der Waals surface area contributed by atoms with E-state index in [0.717, 1.165) is 51.7 Å². The highest BCUT2D eigenvalue weighted by atomic mass is 16.5. The van der Waals surface area contributed by atoms with Crippen LogP contribution in [0.3, 0.4) is 0 Å². The second kappa shape index (κ2) is 11.2. The summed E-state index contributed by atoms with van der Waals surface area (Å²) in [6, 6.07) is 0.550. The van der Waals surface area contributed by atoms with Crippen molar-refractivity contribution in [1.82, 2.24) is 20.4 Å². The van der Waals surface area contributed by atoms with Gasteiger partial charge in [-0.1, -0.05) is 20.3 Å². The molecule has 1 saturated carbocycles. The third-order valence-electron chi connectivity index (χ3n) is 6.42. The third-order valence-corrected chi connectivity index (χ3v) is 6.42. The number of hydrogen-bond acceptors (Lipinski definition) is 4. The molecule has 6 nitrogen and oxygen atoms in total. The summed E-state index contributed by atoms with van der Waals surface area (Å²) in [6.07, 6.45) is 5.04. The van der Waals surface area contributed by atoms with Crippen LogP contribution in [0.1, 0.15) is 46.5 Å². The molecule has 27 heavy (non-hydrogen) atoms. The Labute approximate surface area is 167 Å². The van der Waals surface area contributed by atoms with Crippen molar-refractivity contribution in [2.75, 3.05) is 66.6 Å². The molecular formula is C21H43N5O. The van der Waals surface area contributed by atoms with E-state index >= 15 is 0 Å². The average molecular weight is 382 g/mol. The third kappa shape index (κ3) is 6.91. The minimum atomic E-state index is 0.368. The molecule has 0 radical (unpaired) electrons. The van der Waals surface area contributed by atoms with Gasteiger partial charge in [-0.25, -0.2) is 0 Å². The molecule has 158 valence electrons. The van der Waals surface area contributed by atoms with Gasteiger partial charge >= 0.3 is 0 Å². The molecule has 1 saturated heterocycles. The van der Waals surface area contributed by atoms with E-state index in [2.05, 4.69) is 48.3 Å². The first-order valence-corrected chi connectivity index (χ1v) is 10.9. The number of nitrogens with zero attached hydrogens (tertiary/aromatic N) is 3. The first-order valence-electron chi connectivity index (χ1n) is 10.9. The molecule has 2 N–H and O–H groups in total. The van der Waals surface area contributed by atoms with Crippen molar-refractivity contribution in [2.45, 2.75) is 52.5 Å². The smallest absolute Gasteiger partial charge is 0.191 e. The summed E-state index contributed by atoms with van der Waals surface area (Å²) in [5.74, 6) is 1.60. The van der Waals surface area contributed by atoms with E-state index in [9.17, 15) is 0 Å². The Bertz CT molecular complexity index is 442. The topological polar surface area (TPSA) is 52.1 Å². The second-order valence-electron chi connectivity index (χ2n) is 8.82. The first-order chi connectivity index (χ1) is 13.0. The van der Waals surface area contributed by atoms with Gasteiger partial charge in [-0.05, 0) is 44.6 Å². The van der Waals surface area contributed by atoms with E-state index in [1.807, 2.05) is 0 Å². The molecule has 1 aliphatic heterocycles. The van der Waals surface area contributed by atoms with E-state index in [-0.39, 0.29) is 0 Å². The molecule has 0 aromatic rings. The van der Waals surface area contributed by atoms with Gasteiger partial charge in [0, 0.05) is 65.6 Å². The van der Waals surface area contributed by atoms with Crippen molar-refractivity contribution in [3.8, 4) is 0 Å². The maximum absolute atomic E-state index is 5.32. The quantitative estimate of drug-likeness (QED) is 0.448. The van der Waals surface area contributed by atoms with Gasteiger partial charge in [0.15, 0.2) is 5.96 Å². The standard InChI is InChI=1S/C21H43N5O/c1-6-22-20(24-17-21(8-7-9-21)10-15-27-5)23-16-19(18(2)3)26-13-11-25(4)12-14-26/h18-19H,6-17H2,1-5H3,(H2,22,23,24). The van der Waals surface area contributed by atoms with Crippen LogP contribution in [0.5, 0.6) is 0 Å². The van der Waals surface area contributed by atoms with Gasteiger partial charge in [0.25, 0.3) is 0 Å². The van der Waals surface area contributed by atoms with Crippen molar-refractivity contribution < 1.29 is 4.74 Å². The van der Waals surface area contributed by atoms with Crippen LogP contribution in [-0.2, 0) is 4.74 Å². The predicted octanol–water partition coefficient (Wildman–Crippen LogP) is 2.02. The van der Waals surface area contributed by atoms with Crippen LogP contribution >= 0.6 is 0 Å². The van der Waals surface area contributed by atoms with Gasteiger partial charge < -0.3 is 20.3 Å². The van der Waals surface area contributed by atoms with Crippen molar-refractivity contribution in [1.29, 1.82) is 0 Å². The lowest BCUT2D eigenvalue weighted by Gasteiger charge is -2.41. The van der Waals surface area contributed by atoms with Crippen LogP contribution in [0, 0.1) is 11.3 Å². The fourth-order valence-corrected chi connectivity index (χ4v) is 4.21. The summed E-state index contributed by atoms with van der Waals surface area (Å²) in [5, 5.41) is 7.08. The summed E-state index contributed by atoms with van der Waals surface area (Å²) < 4.78 is 5.32. The minimum Gasteiger partial charge on any atom is -0.385 e. The fraction of sp³-hybridized carbons (Fsp3) is 0.952. The SMILES string of the molecule is CCNC(=NCC1(CCOC)CCC1)NCC(C(C)C)N1CCN(C)CC1. The van der Waals surface area contributed by atoms with Crippen LogP contribution in [0.25, 0.3) is 0 Å². The lowest BCUT2D eigenvalue weighted by atomic mass is 9.67. The van der Waals surface area contributed by atoms with E-state index in [1.165, 1.54) is 32.4 Å². The molecule has 0 spiro atoms. The zero-order valence-electron chi connectivity index (χ0n) is 18.4. The Kier molecular flexibility index (Phi) is 9.33. The molecule has 0 amide bonds. The first kappa shape index (κ1) is 22.4. The van der Waals surface area contributed by atoms with Crippen molar-refractivity contribution in [3.05, 3.63) is 0 Å². The van der Waals surface area contributed by atoms with Crippen LogP contribution in [0.2, 0.25) is 0 Å². The maximum Gasteiger partial charge on any atom is 0.191 e. The summed E-state index contributed by atoms with van der Waals surface area (Å²) in [4.78, 5) is 10.0. The number of ether oxygens (including phenoxy) is 1. The zero-order valence-corrected chi connectivity index (χ0v) is 18.4. The molecule has 2 rings (SSSR count).